The Morgan fingerprint density at radius 1 is 1.10 bits per heavy atom. The Labute approximate surface area is 124 Å². The zero-order valence-corrected chi connectivity index (χ0v) is 12.2. The van der Waals surface area contributed by atoms with E-state index in [1.807, 2.05) is 30.3 Å². The molecule has 0 saturated heterocycles. The summed E-state index contributed by atoms with van der Waals surface area (Å²) in [6.07, 6.45) is 0.812. The van der Waals surface area contributed by atoms with Crippen LogP contribution >= 0.6 is 0 Å². The number of para-hydroxylation sites is 1. The van der Waals surface area contributed by atoms with Crippen molar-refractivity contribution in [3.05, 3.63) is 53.6 Å². The van der Waals surface area contributed by atoms with E-state index in [9.17, 15) is 0 Å². The SMILES string of the molecule is COc1ccc(C#N)c(NCCc2ccccc2OC)c1. The van der Waals surface area contributed by atoms with Crippen molar-refractivity contribution in [2.75, 3.05) is 26.1 Å². The summed E-state index contributed by atoms with van der Waals surface area (Å²) in [5, 5.41) is 12.4. The van der Waals surface area contributed by atoms with Crippen molar-refractivity contribution in [2.24, 2.45) is 0 Å². The average molecular weight is 282 g/mol. The Morgan fingerprint density at radius 2 is 1.90 bits per heavy atom. The molecule has 108 valence electrons. The number of hydrogen-bond acceptors (Lipinski definition) is 4. The molecule has 4 nitrogen and oxygen atoms in total. The first-order valence-corrected chi connectivity index (χ1v) is 6.72. The lowest BCUT2D eigenvalue weighted by molar-refractivity contribution is 0.410. The normalized spacial score (nSPS) is 9.76. The largest absolute Gasteiger partial charge is 0.497 e. The zero-order valence-electron chi connectivity index (χ0n) is 12.2. The van der Waals surface area contributed by atoms with Crippen molar-refractivity contribution in [2.45, 2.75) is 6.42 Å². The lowest BCUT2D eigenvalue weighted by atomic mass is 10.1. The molecule has 0 aliphatic heterocycles. The van der Waals surface area contributed by atoms with Crippen LogP contribution in [0.2, 0.25) is 0 Å². The van der Waals surface area contributed by atoms with Gasteiger partial charge in [-0.15, -0.1) is 0 Å². The smallest absolute Gasteiger partial charge is 0.122 e. The molecule has 0 fully saturated rings. The lowest BCUT2D eigenvalue weighted by Crippen LogP contribution is -2.07. The molecule has 0 aromatic heterocycles. The number of rotatable bonds is 6. The predicted molar refractivity (Wildman–Crippen MR) is 82.9 cm³/mol. The van der Waals surface area contributed by atoms with Gasteiger partial charge in [0.25, 0.3) is 0 Å². The summed E-state index contributed by atoms with van der Waals surface area (Å²) >= 11 is 0. The average Bonchev–Trinajstić information content (AvgIpc) is 2.55. The van der Waals surface area contributed by atoms with Crippen LogP contribution in [-0.4, -0.2) is 20.8 Å². The lowest BCUT2D eigenvalue weighted by Gasteiger charge is -2.11. The highest BCUT2D eigenvalue weighted by atomic mass is 16.5. The maximum atomic E-state index is 9.13. The maximum Gasteiger partial charge on any atom is 0.122 e. The molecule has 0 aliphatic carbocycles. The minimum atomic E-state index is 0.607. The standard InChI is InChI=1S/C17H18N2O2/c1-20-15-8-7-14(12-18)16(11-15)19-10-9-13-5-3-4-6-17(13)21-2/h3-8,11,19H,9-10H2,1-2H3. The third-order valence-corrected chi connectivity index (χ3v) is 3.25. The Bertz CT molecular complexity index is 647. The van der Waals surface area contributed by atoms with Gasteiger partial charge in [0.05, 0.1) is 25.5 Å². The van der Waals surface area contributed by atoms with Gasteiger partial charge in [0.15, 0.2) is 0 Å². The first-order chi connectivity index (χ1) is 10.3. The number of benzene rings is 2. The molecule has 4 heteroatoms. The second kappa shape index (κ2) is 7.20. The van der Waals surface area contributed by atoms with E-state index in [0.29, 0.717) is 12.1 Å². The molecule has 0 saturated carbocycles. The van der Waals surface area contributed by atoms with Crippen LogP contribution in [0.15, 0.2) is 42.5 Å². The predicted octanol–water partition coefficient (Wildman–Crippen LogP) is 3.23. The number of anilines is 1. The number of methoxy groups -OCH3 is 2. The van der Waals surface area contributed by atoms with Crippen LogP contribution in [0.1, 0.15) is 11.1 Å². The molecule has 2 aromatic rings. The molecule has 0 heterocycles. The molecule has 0 spiro atoms. The first-order valence-electron chi connectivity index (χ1n) is 6.72. The van der Waals surface area contributed by atoms with Gasteiger partial charge in [-0.25, -0.2) is 0 Å². The Kier molecular flexibility index (Phi) is 5.05. The van der Waals surface area contributed by atoms with Gasteiger partial charge in [-0.05, 0) is 30.2 Å². The summed E-state index contributed by atoms with van der Waals surface area (Å²) in [5.41, 5.74) is 2.52. The molecule has 2 rings (SSSR count). The number of nitrogens with zero attached hydrogens (tertiary/aromatic N) is 1. The highest BCUT2D eigenvalue weighted by Crippen LogP contribution is 2.22. The highest BCUT2D eigenvalue weighted by molar-refractivity contribution is 5.60. The van der Waals surface area contributed by atoms with Crippen molar-refractivity contribution in [3.63, 3.8) is 0 Å². The summed E-state index contributed by atoms with van der Waals surface area (Å²) in [6, 6.07) is 15.5. The fraction of sp³-hybridized carbons (Fsp3) is 0.235. The summed E-state index contributed by atoms with van der Waals surface area (Å²) in [4.78, 5) is 0. The van der Waals surface area contributed by atoms with Crippen molar-refractivity contribution in [1.82, 2.24) is 0 Å². The molecular weight excluding hydrogens is 264 g/mol. The van der Waals surface area contributed by atoms with E-state index in [0.717, 1.165) is 29.2 Å². The van der Waals surface area contributed by atoms with Crippen LogP contribution in [0.3, 0.4) is 0 Å². The van der Waals surface area contributed by atoms with Gasteiger partial charge in [0.2, 0.25) is 0 Å². The minimum Gasteiger partial charge on any atom is -0.497 e. The van der Waals surface area contributed by atoms with E-state index in [2.05, 4.69) is 11.4 Å². The van der Waals surface area contributed by atoms with Crippen LogP contribution in [0, 0.1) is 11.3 Å². The molecule has 0 radical (unpaired) electrons. The zero-order chi connectivity index (χ0) is 15.1. The van der Waals surface area contributed by atoms with Gasteiger partial charge in [0, 0.05) is 12.6 Å². The second-order valence-corrected chi connectivity index (χ2v) is 4.51. The van der Waals surface area contributed by atoms with E-state index < -0.39 is 0 Å². The number of nitrogens with one attached hydrogen (secondary N) is 1. The third kappa shape index (κ3) is 3.67. The third-order valence-electron chi connectivity index (χ3n) is 3.25. The van der Waals surface area contributed by atoms with Crippen LogP contribution in [0.4, 0.5) is 5.69 Å². The maximum absolute atomic E-state index is 9.13. The van der Waals surface area contributed by atoms with Crippen molar-refractivity contribution in [3.8, 4) is 17.6 Å². The summed E-state index contributed by atoms with van der Waals surface area (Å²) in [5.74, 6) is 1.61. The molecule has 0 bridgehead atoms. The van der Waals surface area contributed by atoms with Crippen LogP contribution in [0.25, 0.3) is 0 Å². The van der Waals surface area contributed by atoms with Gasteiger partial charge in [-0.3, -0.25) is 0 Å². The molecule has 0 aliphatic rings. The number of nitriles is 1. The molecule has 21 heavy (non-hydrogen) atoms. The number of hydrogen-bond donors (Lipinski definition) is 1. The molecule has 0 amide bonds. The molecule has 2 aromatic carbocycles. The van der Waals surface area contributed by atoms with Gasteiger partial charge in [-0.2, -0.15) is 5.26 Å². The van der Waals surface area contributed by atoms with E-state index >= 15 is 0 Å². The van der Waals surface area contributed by atoms with Crippen molar-refractivity contribution >= 4 is 5.69 Å². The monoisotopic (exact) mass is 282 g/mol. The van der Waals surface area contributed by atoms with Crippen LogP contribution < -0.4 is 14.8 Å². The fourth-order valence-electron chi connectivity index (χ4n) is 2.14. The summed E-state index contributed by atoms with van der Waals surface area (Å²) in [7, 11) is 3.28. The van der Waals surface area contributed by atoms with Crippen molar-refractivity contribution < 1.29 is 9.47 Å². The number of ether oxygens (including phenoxy) is 2. The van der Waals surface area contributed by atoms with E-state index in [1.54, 1.807) is 26.4 Å². The summed E-state index contributed by atoms with van der Waals surface area (Å²) in [6.45, 7) is 0.711. The fourth-order valence-corrected chi connectivity index (χ4v) is 2.14. The Hall–Kier alpha value is -2.67. The van der Waals surface area contributed by atoms with Gasteiger partial charge in [-0.1, -0.05) is 18.2 Å². The second-order valence-electron chi connectivity index (χ2n) is 4.51. The van der Waals surface area contributed by atoms with Crippen LogP contribution in [0.5, 0.6) is 11.5 Å². The van der Waals surface area contributed by atoms with E-state index in [1.165, 1.54) is 0 Å². The molecule has 1 N–H and O–H groups in total. The van der Waals surface area contributed by atoms with Gasteiger partial charge in [0.1, 0.15) is 17.6 Å². The molecule has 0 unspecified atom stereocenters. The Balaban J connectivity index is 2.05. The van der Waals surface area contributed by atoms with Crippen LogP contribution in [-0.2, 0) is 6.42 Å². The molecular formula is C17H18N2O2. The molecule has 0 atom stereocenters. The van der Waals surface area contributed by atoms with E-state index in [4.69, 9.17) is 14.7 Å². The van der Waals surface area contributed by atoms with Crippen molar-refractivity contribution in [1.29, 1.82) is 5.26 Å². The summed E-state index contributed by atoms with van der Waals surface area (Å²) < 4.78 is 10.5. The van der Waals surface area contributed by atoms with Gasteiger partial charge >= 0.3 is 0 Å². The minimum absolute atomic E-state index is 0.607. The van der Waals surface area contributed by atoms with E-state index in [-0.39, 0.29) is 0 Å². The Morgan fingerprint density at radius 3 is 2.62 bits per heavy atom. The highest BCUT2D eigenvalue weighted by Gasteiger charge is 2.05. The first kappa shape index (κ1) is 14.7. The topological polar surface area (TPSA) is 54.3 Å². The van der Waals surface area contributed by atoms with Gasteiger partial charge < -0.3 is 14.8 Å². The quantitative estimate of drug-likeness (QED) is 0.883.